The van der Waals surface area contributed by atoms with E-state index in [1.54, 1.807) is 32.9 Å². The minimum absolute atomic E-state index is 0.242. The number of hydrogen-bond donors (Lipinski definition) is 1. The van der Waals surface area contributed by atoms with Crippen LogP contribution in [0.25, 0.3) is 4.85 Å². The van der Waals surface area contributed by atoms with E-state index >= 15 is 0 Å². The molecule has 1 aromatic rings. The molecule has 0 fully saturated rings. The summed E-state index contributed by atoms with van der Waals surface area (Å²) < 4.78 is 5.15. The van der Waals surface area contributed by atoms with Gasteiger partial charge in [-0.25, -0.2) is 11.4 Å². The Morgan fingerprint density at radius 2 is 2.06 bits per heavy atom. The van der Waals surface area contributed by atoms with Gasteiger partial charge in [0.25, 0.3) is 0 Å². The summed E-state index contributed by atoms with van der Waals surface area (Å²) in [6, 6.07) is 7.20. The van der Waals surface area contributed by atoms with Crippen LogP contribution in [-0.2, 0) is 11.3 Å². The number of carbonyl (C=O) groups excluding carboxylic acids is 1. The Kier molecular flexibility index (Phi) is 4.11. The number of ether oxygens (including phenoxy) is 1. The Balaban J connectivity index is 2.75. The third-order valence-corrected chi connectivity index (χ3v) is 1.90. The zero-order valence-electron chi connectivity index (χ0n) is 10.3. The zero-order chi connectivity index (χ0) is 12.9. The number of nitrogens with zero attached hydrogens (tertiary/aromatic N) is 1. The van der Waals surface area contributed by atoms with Gasteiger partial charge in [0.05, 0.1) is 11.3 Å². The molecule has 0 bridgehead atoms. The van der Waals surface area contributed by atoms with Gasteiger partial charge in [-0.15, -0.1) is 0 Å². The van der Waals surface area contributed by atoms with Gasteiger partial charge in [-0.2, -0.15) is 0 Å². The smallest absolute Gasteiger partial charge is 0.412 e. The first-order valence-corrected chi connectivity index (χ1v) is 5.33. The number of para-hydroxylation sites is 1. The molecule has 1 N–H and O–H groups in total. The highest BCUT2D eigenvalue weighted by molar-refractivity contribution is 5.85. The monoisotopic (exact) mass is 232 g/mol. The number of rotatable bonds is 2. The van der Waals surface area contributed by atoms with Gasteiger partial charge in [-0.1, -0.05) is 12.1 Å². The Hall–Kier alpha value is -2.02. The molecule has 0 aliphatic carbocycles. The first kappa shape index (κ1) is 13.0. The number of anilines is 1. The molecule has 0 aliphatic heterocycles. The molecule has 0 saturated heterocycles. The summed E-state index contributed by atoms with van der Waals surface area (Å²) in [6.07, 6.45) is -0.505. The molecule has 0 aromatic heterocycles. The molecule has 4 nitrogen and oxygen atoms in total. The molecule has 0 unspecified atom stereocenters. The fraction of sp³-hybridized carbons (Fsp3) is 0.385. The third kappa shape index (κ3) is 4.56. The van der Waals surface area contributed by atoms with E-state index in [0.29, 0.717) is 5.69 Å². The lowest BCUT2D eigenvalue weighted by Crippen LogP contribution is -2.27. The average Bonchev–Trinajstić information content (AvgIpc) is 2.18. The summed E-state index contributed by atoms with van der Waals surface area (Å²) in [5.41, 5.74) is 0.879. The largest absolute Gasteiger partial charge is 0.444 e. The number of carbonyl (C=O) groups is 1. The molecule has 1 aromatic carbocycles. The quantitative estimate of drug-likeness (QED) is 0.793. The Bertz CT molecular complexity index is 441. The average molecular weight is 232 g/mol. The lowest BCUT2D eigenvalue weighted by atomic mass is 10.2. The minimum Gasteiger partial charge on any atom is -0.444 e. The molecule has 90 valence electrons. The van der Waals surface area contributed by atoms with Crippen molar-refractivity contribution in [3.8, 4) is 0 Å². The molecule has 17 heavy (non-hydrogen) atoms. The van der Waals surface area contributed by atoms with Gasteiger partial charge in [0.1, 0.15) is 5.60 Å². The van der Waals surface area contributed by atoms with Crippen LogP contribution in [-0.4, -0.2) is 11.7 Å². The Labute approximate surface area is 101 Å². The summed E-state index contributed by atoms with van der Waals surface area (Å²) in [6.45, 7) is 12.5. The normalized spacial score (nSPS) is 10.5. The fourth-order valence-corrected chi connectivity index (χ4v) is 1.28. The first-order valence-electron chi connectivity index (χ1n) is 5.33. The van der Waals surface area contributed by atoms with E-state index in [4.69, 9.17) is 11.3 Å². The Morgan fingerprint density at radius 1 is 1.41 bits per heavy atom. The van der Waals surface area contributed by atoms with Gasteiger partial charge < -0.3 is 9.58 Å². The summed E-state index contributed by atoms with van der Waals surface area (Å²) in [5.74, 6) is 0. The van der Waals surface area contributed by atoms with Gasteiger partial charge in [-0.3, -0.25) is 5.32 Å². The summed E-state index contributed by atoms with van der Waals surface area (Å²) in [4.78, 5) is 14.9. The van der Waals surface area contributed by atoms with E-state index in [1.807, 2.05) is 12.1 Å². The summed E-state index contributed by atoms with van der Waals surface area (Å²) in [7, 11) is 0. The first-order chi connectivity index (χ1) is 7.92. The maximum atomic E-state index is 11.6. The molecule has 0 atom stereocenters. The van der Waals surface area contributed by atoms with Crippen LogP contribution in [0.4, 0.5) is 10.5 Å². The predicted octanol–water partition coefficient (Wildman–Crippen LogP) is 3.45. The molecule has 0 radical (unpaired) electrons. The zero-order valence-corrected chi connectivity index (χ0v) is 10.3. The van der Waals surface area contributed by atoms with Crippen molar-refractivity contribution in [2.45, 2.75) is 32.9 Å². The minimum atomic E-state index is -0.529. The van der Waals surface area contributed by atoms with Gasteiger partial charge in [-0.05, 0) is 32.9 Å². The highest BCUT2D eigenvalue weighted by Gasteiger charge is 2.17. The second kappa shape index (κ2) is 5.35. The van der Waals surface area contributed by atoms with Crippen LogP contribution >= 0.6 is 0 Å². The van der Waals surface area contributed by atoms with Crippen LogP contribution in [0.2, 0.25) is 0 Å². The number of benzene rings is 1. The highest BCUT2D eigenvalue weighted by atomic mass is 16.6. The van der Waals surface area contributed by atoms with Crippen molar-refractivity contribution in [1.82, 2.24) is 0 Å². The van der Waals surface area contributed by atoms with Crippen molar-refractivity contribution < 1.29 is 9.53 Å². The second-order valence-electron chi connectivity index (χ2n) is 4.60. The topological polar surface area (TPSA) is 42.7 Å². The molecule has 1 rings (SSSR count). The van der Waals surface area contributed by atoms with E-state index in [-0.39, 0.29) is 6.54 Å². The third-order valence-electron chi connectivity index (χ3n) is 1.90. The molecular weight excluding hydrogens is 216 g/mol. The van der Waals surface area contributed by atoms with Crippen molar-refractivity contribution >= 4 is 11.8 Å². The van der Waals surface area contributed by atoms with Crippen LogP contribution < -0.4 is 5.32 Å². The van der Waals surface area contributed by atoms with Crippen molar-refractivity contribution in [2.75, 3.05) is 5.32 Å². The molecule has 4 heteroatoms. The van der Waals surface area contributed by atoms with E-state index in [2.05, 4.69) is 10.2 Å². The maximum absolute atomic E-state index is 11.6. The standard InChI is InChI=1S/C13H16N2O2/c1-13(2,3)17-12(16)15-11-8-6-5-7-10(11)9-14-4/h5-8H,9H2,1-3H3,(H,15,16). The van der Waals surface area contributed by atoms with Crippen LogP contribution in [0.5, 0.6) is 0 Å². The van der Waals surface area contributed by atoms with E-state index in [9.17, 15) is 4.79 Å². The lowest BCUT2D eigenvalue weighted by Gasteiger charge is -2.20. The van der Waals surface area contributed by atoms with Crippen molar-refractivity contribution in [1.29, 1.82) is 0 Å². The number of nitrogens with one attached hydrogen (secondary N) is 1. The molecule has 1 amide bonds. The van der Waals surface area contributed by atoms with Gasteiger partial charge in [0.15, 0.2) is 0 Å². The van der Waals surface area contributed by atoms with Crippen LogP contribution in [0.1, 0.15) is 26.3 Å². The van der Waals surface area contributed by atoms with Crippen LogP contribution in [0, 0.1) is 6.57 Å². The highest BCUT2D eigenvalue weighted by Crippen LogP contribution is 2.17. The summed E-state index contributed by atoms with van der Waals surface area (Å²) >= 11 is 0. The molecule has 0 aliphatic rings. The maximum Gasteiger partial charge on any atom is 0.412 e. The fourth-order valence-electron chi connectivity index (χ4n) is 1.28. The summed E-state index contributed by atoms with van der Waals surface area (Å²) in [5, 5.41) is 2.65. The second-order valence-corrected chi connectivity index (χ2v) is 4.60. The lowest BCUT2D eigenvalue weighted by molar-refractivity contribution is 0.0636. The van der Waals surface area contributed by atoms with Crippen molar-refractivity contribution in [3.63, 3.8) is 0 Å². The van der Waals surface area contributed by atoms with Gasteiger partial charge >= 0.3 is 6.09 Å². The van der Waals surface area contributed by atoms with E-state index in [1.165, 1.54) is 0 Å². The van der Waals surface area contributed by atoms with Gasteiger partial charge in [0.2, 0.25) is 6.54 Å². The number of hydrogen-bond acceptors (Lipinski definition) is 2. The predicted molar refractivity (Wildman–Crippen MR) is 66.6 cm³/mol. The molecule has 0 heterocycles. The molecule has 0 spiro atoms. The van der Waals surface area contributed by atoms with E-state index in [0.717, 1.165) is 5.56 Å². The van der Waals surface area contributed by atoms with Crippen molar-refractivity contribution in [3.05, 3.63) is 41.2 Å². The molecule has 0 saturated carbocycles. The number of amides is 1. The van der Waals surface area contributed by atoms with Crippen LogP contribution in [0.15, 0.2) is 24.3 Å². The SMILES string of the molecule is [C-]#[N+]Cc1ccccc1NC(=O)OC(C)(C)C. The van der Waals surface area contributed by atoms with Gasteiger partial charge in [0, 0.05) is 0 Å². The van der Waals surface area contributed by atoms with E-state index < -0.39 is 11.7 Å². The van der Waals surface area contributed by atoms with Crippen molar-refractivity contribution in [2.24, 2.45) is 0 Å². The Morgan fingerprint density at radius 3 is 2.65 bits per heavy atom. The van der Waals surface area contributed by atoms with Crippen LogP contribution in [0.3, 0.4) is 0 Å². The molecular formula is C13H16N2O2.